The van der Waals surface area contributed by atoms with Crippen LogP contribution >= 0.6 is 0 Å². The molecule has 1 N–H and O–H groups in total. The highest BCUT2D eigenvalue weighted by atomic mass is 15.0. The third kappa shape index (κ3) is 2.43. The molecular formula is C22H29N3. The van der Waals surface area contributed by atoms with Gasteiger partial charge in [-0.3, -0.25) is 4.99 Å². The van der Waals surface area contributed by atoms with Crippen molar-refractivity contribution in [2.24, 2.45) is 29.8 Å². The lowest BCUT2D eigenvalue weighted by Crippen LogP contribution is -2.49. The van der Waals surface area contributed by atoms with Gasteiger partial charge in [0.2, 0.25) is 0 Å². The van der Waals surface area contributed by atoms with E-state index < -0.39 is 0 Å². The summed E-state index contributed by atoms with van der Waals surface area (Å²) < 4.78 is 2.18. The molecule has 4 saturated carbocycles. The molecule has 6 rings (SSSR count). The van der Waals surface area contributed by atoms with Crippen molar-refractivity contribution < 1.29 is 0 Å². The van der Waals surface area contributed by atoms with Crippen molar-refractivity contribution in [3.8, 4) is 11.4 Å². The molecule has 25 heavy (non-hydrogen) atoms. The summed E-state index contributed by atoms with van der Waals surface area (Å²) in [7, 11) is 2.11. The largest absolute Gasteiger partial charge is 0.352 e. The molecule has 4 bridgehead atoms. The molecule has 0 saturated heterocycles. The molecule has 0 aliphatic heterocycles. The first-order chi connectivity index (χ1) is 12.0. The van der Waals surface area contributed by atoms with Gasteiger partial charge in [0, 0.05) is 19.5 Å². The average molecular weight is 335 g/mol. The first kappa shape index (κ1) is 15.5. The number of nitrogens with one attached hydrogen (secondary N) is 1. The minimum absolute atomic E-state index is 0.255. The average Bonchev–Trinajstić information content (AvgIpc) is 3.09. The van der Waals surface area contributed by atoms with Crippen LogP contribution in [0.1, 0.15) is 55.3 Å². The topological polar surface area (TPSA) is 33.1 Å². The van der Waals surface area contributed by atoms with Gasteiger partial charge in [0.15, 0.2) is 0 Å². The minimum atomic E-state index is 0.255. The third-order valence-corrected chi connectivity index (χ3v) is 7.27. The summed E-state index contributed by atoms with van der Waals surface area (Å²) in [6, 6.07) is 4.28. The predicted molar refractivity (Wildman–Crippen MR) is 103 cm³/mol. The van der Waals surface area contributed by atoms with E-state index in [9.17, 15) is 0 Å². The molecule has 4 aliphatic rings. The van der Waals surface area contributed by atoms with Crippen molar-refractivity contribution >= 4 is 6.21 Å². The van der Waals surface area contributed by atoms with Gasteiger partial charge >= 0.3 is 0 Å². The lowest BCUT2D eigenvalue weighted by molar-refractivity contribution is 0.00194. The second-order valence-electron chi connectivity index (χ2n) is 9.07. The van der Waals surface area contributed by atoms with Crippen molar-refractivity contribution in [2.75, 3.05) is 0 Å². The molecule has 2 aromatic rings. The number of aromatic nitrogens is 2. The lowest BCUT2D eigenvalue weighted by atomic mass is 9.53. The lowest BCUT2D eigenvalue weighted by Gasteiger charge is -2.54. The Morgan fingerprint density at radius 3 is 2.28 bits per heavy atom. The molecule has 3 heteroatoms. The van der Waals surface area contributed by atoms with Crippen molar-refractivity contribution in [3.05, 3.63) is 35.2 Å². The number of nitrogens with zero attached hydrogens (tertiary/aromatic N) is 2. The van der Waals surface area contributed by atoms with Gasteiger partial charge in [-0.05, 0) is 93.4 Å². The summed E-state index contributed by atoms with van der Waals surface area (Å²) in [6.45, 7) is 4.44. The van der Waals surface area contributed by atoms with E-state index in [1.165, 1.54) is 66.7 Å². The van der Waals surface area contributed by atoms with E-state index >= 15 is 0 Å². The summed E-state index contributed by atoms with van der Waals surface area (Å²) in [5, 5.41) is 0. The zero-order chi connectivity index (χ0) is 17.2. The summed E-state index contributed by atoms with van der Waals surface area (Å²) in [5.74, 6) is 2.86. The minimum Gasteiger partial charge on any atom is -0.352 e. The van der Waals surface area contributed by atoms with Crippen molar-refractivity contribution in [1.82, 2.24) is 9.55 Å². The molecule has 2 heterocycles. The summed E-state index contributed by atoms with van der Waals surface area (Å²) in [5.41, 5.74) is 6.61. The van der Waals surface area contributed by atoms with E-state index in [-0.39, 0.29) is 5.54 Å². The summed E-state index contributed by atoms with van der Waals surface area (Å²) >= 11 is 0. The molecule has 0 aromatic carbocycles. The van der Waals surface area contributed by atoms with E-state index in [1.807, 2.05) is 0 Å². The molecule has 0 unspecified atom stereocenters. The summed E-state index contributed by atoms with van der Waals surface area (Å²) in [6.07, 6.45) is 12.7. The fourth-order valence-corrected chi connectivity index (χ4v) is 6.24. The maximum Gasteiger partial charge on any atom is 0.0658 e. The number of rotatable bonds is 3. The van der Waals surface area contributed by atoms with Gasteiger partial charge in [0.05, 0.1) is 22.6 Å². The highest BCUT2D eigenvalue weighted by Gasteiger charge is 2.50. The number of H-pyrrole nitrogens is 1. The van der Waals surface area contributed by atoms with Crippen LogP contribution in [0.15, 0.2) is 23.3 Å². The third-order valence-electron chi connectivity index (χ3n) is 7.27. The molecule has 3 nitrogen and oxygen atoms in total. The van der Waals surface area contributed by atoms with E-state index in [1.54, 1.807) is 0 Å². The second-order valence-corrected chi connectivity index (χ2v) is 9.07. The maximum absolute atomic E-state index is 5.24. The van der Waals surface area contributed by atoms with Crippen LogP contribution in [0, 0.1) is 31.6 Å². The first-order valence-electron chi connectivity index (χ1n) is 9.89. The molecular weight excluding hydrogens is 306 g/mol. The smallest absolute Gasteiger partial charge is 0.0658 e. The molecule has 2 aromatic heterocycles. The van der Waals surface area contributed by atoms with Crippen LogP contribution in [0.5, 0.6) is 0 Å². The van der Waals surface area contributed by atoms with E-state index in [0.717, 1.165) is 17.8 Å². The van der Waals surface area contributed by atoms with Gasteiger partial charge in [-0.2, -0.15) is 0 Å². The molecule has 0 radical (unpaired) electrons. The Morgan fingerprint density at radius 2 is 1.72 bits per heavy atom. The Labute approximate surface area is 150 Å². The van der Waals surface area contributed by atoms with Crippen LogP contribution in [-0.4, -0.2) is 21.3 Å². The van der Waals surface area contributed by atoms with Crippen LogP contribution < -0.4 is 0 Å². The van der Waals surface area contributed by atoms with Gasteiger partial charge in [0.25, 0.3) is 0 Å². The van der Waals surface area contributed by atoms with Crippen LogP contribution in [0.25, 0.3) is 11.4 Å². The van der Waals surface area contributed by atoms with E-state index in [0.29, 0.717) is 0 Å². The maximum atomic E-state index is 5.24. The van der Waals surface area contributed by atoms with Crippen LogP contribution in [0.2, 0.25) is 0 Å². The normalized spacial score (nSPS) is 33.6. The fourth-order valence-electron chi connectivity index (χ4n) is 6.24. The molecule has 4 aliphatic carbocycles. The zero-order valence-corrected chi connectivity index (χ0v) is 15.7. The van der Waals surface area contributed by atoms with Gasteiger partial charge in [0.1, 0.15) is 0 Å². The van der Waals surface area contributed by atoms with Crippen LogP contribution in [0.4, 0.5) is 0 Å². The van der Waals surface area contributed by atoms with Gasteiger partial charge in [-0.25, -0.2) is 0 Å². The van der Waals surface area contributed by atoms with Crippen molar-refractivity contribution in [1.29, 1.82) is 0 Å². The molecule has 0 amide bonds. The summed E-state index contributed by atoms with van der Waals surface area (Å²) in [4.78, 5) is 8.90. The van der Waals surface area contributed by atoms with Crippen LogP contribution in [0.3, 0.4) is 0 Å². The Morgan fingerprint density at radius 1 is 1.08 bits per heavy atom. The number of aryl methyl sites for hydroxylation is 1. The molecule has 0 spiro atoms. The van der Waals surface area contributed by atoms with E-state index in [2.05, 4.69) is 55.0 Å². The van der Waals surface area contributed by atoms with Gasteiger partial charge < -0.3 is 9.55 Å². The SMILES string of the molecule is Cc1c(C=NC23CC4CC(CC(C4)C2)C3)[nH]c(-c2cccn2C)c1C. The zero-order valence-electron chi connectivity index (χ0n) is 15.7. The van der Waals surface area contributed by atoms with Crippen molar-refractivity contribution in [3.63, 3.8) is 0 Å². The van der Waals surface area contributed by atoms with Crippen molar-refractivity contribution in [2.45, 2.75) is 57.9 Å². The fraction of sp³-hybridized carbons (Fsp3) is 0.591. The molecule has 4 fully saturated rings. The standard InChI is InChI=1S/C22H29N3/c1-14-15(2)21(20-5-4-6-25(20)3)24-19(14)13-23-22-10-16-7-17(11-22)9-18(8-16)12-22/h4-6,13,16-18,24H,7-12H2,1-3H3. The molecule has 132 valence electrons. The second kappa shape index (κ2) is 5.36. The molecule has 0 atom stereocenters. The Hall–Kier alpha value is -1.77. The number of hydrogen-bond acceptors (Lipinski definition) is 1. The van der Waals surface area contributed by atoms with Gasteiger partial charge in [-0.1, -0.05) is 0 Å². The predicted octanol–water partition coefficient (Wildman–Crippen LogP) is 5.02. The highest BCUT2D eigenvalue weighted by Crippen LogP contribution is 2.57. The van der Waals surface area contributed by atoms with E-state index in [4.69, 9.17) is 4.99 Å². The first-order valence-corrected chi connectivity index (χ1v) is 9.89. The number of aliphatic imine (C=N–C) groups is 1. The Balaban J connectivity index is 1.47. The number of hydrogen-bond donors (Lipinski definition) is 1. The Kier molecular flexibility index (Phi) is 3.32. The quantitative estimate of drug-likeness (QED) is 0.764. The van der Waals surface area contributed by atoms with Crippen LogP contribution in [-0.2, 0) is 7.05 Å². The Bertz CT molecular complexity index is 800. The monoisotopic (exact) mass is 335 g/mol. The number of aromatic amines is 1. The van der Waals surface area contributed by atoms with Gasteiger partial charge in [-0.15, -0.1) is 0 Å². The highest BCUT2D eigenvalue weighted by molar-refractivity contribution is 5.83.